The molecule has 0 aliphatic carbocycles. The summed E-state index contributed by atoms with van der Waals surface area (Å²) in [5.41, 5.74) is 0. The molecular weight excluding hydrogens is 320 g/mol. The Morgan fingerprint density at radius 2 is 1.70 bits per heavy atom. The highest BCUT2D eigenvalue weighted by atomic mass is 32.1. The van der Waals surface area contributed by atoms with Crippen molar-refractivity contribution in [2.24, 2.45) is 0 Å². The summed E-state index contributed by atoms with van der Waals surface area (Å²) in [6, 6.07) is -0.603. The van der Waals surface area contributed by atoms with E-state index in [1.807, 2.05) is 20.8 Å². The Morgan fingerprint density at radius 3 is 2.17 bits per heavy atom. The lowest BCUT2D eigenvalue weighted by atomic mass is 10.2. The van der Waals surface area contributed by atoms with Crippen LogP contribution in [0.4, 0.5) is 0 Å². The molecule has 1 rings (SSSR count). The lowest BCUT2D eigenvalue weighted by Crippen LogP contribution is -2.46. The topological polar surface area (TPSA) is 69.3 Å². The molecule has 1 aliphatic heterocycles. The highest BCUT2D eigenvalue weighted by Crippen LogP contribution is 2.25. The van der Waals surface area contributed by atoms with E-state index in [4.69, 9.17) is 31.3 Å². The average Bonchev–Trinajstić information content (AvgIpc) is 2.75. The Hall–Kier alpha value is -0.800. The summed E-state index contributed by atoms with van der Waals surface area (Å²) in [6.07, 6.45) is 2.03. The van der Waals surface area contributed by atoms with E-state index >= 15 is 0 Å². The molecule has 1 heterocycles. The molecule has 0 saturated carbocycles. The van der Waals surface area contributed by atoms with Crippen molar-refractivity contribution < 1.29 is 23.8 Å². The maximum absolute atomic E-state index is 12.5. The van der Waals surface area contributed by atoms with Crippen molar-refractivity contribution in [3.8, 4) is 0 Å². The minimum atomic E-state index is -1.26. The maximum atomic E-state index is 12.5. The van der Waals surface area contributed by atoms with E-state index in [2.05, 4.69) is 12.2 Å². The van der Waals surface area contributed by atoms with Crippen molar-refractivity contribution in [2.75, 3.05) is 26.4 Å². The monoisotopic (exact) mass is 348 g/mol. The third-order valence-corrected chi connectivity index (χ3v) is 3.53. The predicted octanol–water partition coefficient (Wildman–Crippen LogP) is 1.96. The molecule has 1 atom stereocenters. The van der Waals surface area contributed by atoms with Crippen LogP contribution in [-0.4, -0.2) is 54.5 Å². The van der Waals surface area contributed by atoms with Crippen LogP contribution in [0.5, 0.6) is 0 Å². The van der Waals surface area contributed by atoms with E-state index in [-0.39, 0.29) is 17.4 Å². The first kappa shape index (κ1) is 20.2. The Balaban J connectivity index is 2.76. The molecule has 1 aliphatic rings. The molecule has 0 aromatic carbocycles. The van der Waals surface area contributed by atoms with Crippen LogP contribution in [0.2, 0.25) is 0 Å². The van der Waals surface area contributed by atoms with Gasteiger partial charge in [-0.25, -0.2) is 0 Å². The zero-order valence-corrected chi connectivity index (χ0v) is 15.2. The SMILES string of the molecule is CCCCON1C(=O)C(CC(OCC)(OCC)OCC)NC1=S. The molecule has 0 aromatic heterocycles. The molecular formula is C15H28N2O5S. The zero-order valence-electron chi connectivity index (χ0n) is 14.4. The number of rotatable bonds is 12. The third kappa shape index (κ3) is 5.65. The van der Waals surface area contributed by atoms with Crippen LogP contribution in [0.3, 0.4) is 0 Å². The van der Waals surface area contributed by atoms with Crippen molar-refractivity contribution >= 4 is 23.2 Å². The normalized spacial score (nSPS) is 18.6. The minimum Gasteiger partial charge on any atom is -0.348 e. The summed E-state index contributed by atoms with van der Waals surface area (Å²) < 4.78 is 17.0. The summed E-state index contributed by atoms with van der Waals surface area (Å²) in [4.78, 5) is 17.9. The first-order chi connectivity index (χ1) is 11.0. The average molecular weight is 348 g/mol. The second kappa shape index (κ2) is 10.1. The number of hydrogen-bond acceptors (Lipinski definition) is 6. The van der Waals surface area contributed by atoms with E-state index in [1.165, 1.54) is 0 Å². The van der Waals surface area contributed by atoms with Gasteiger partial charge in [-0.2, -0.15) is 5.06 Å². The summed E-state index contributed by atoms with van der Waals surface area (Å²) in [5.74, 6) is -1.52. The van der Waals surface area contributed by atoms with E-state index in [1.54, 1.807) is 0 Å². The number of hydroxylamine groups is 2. The number of nitrogens with zero attached hydrogens (tertiary/aromatic N) is 1. The van der Waals surface area contributed by atoms with Gasteiger partial charge in [-0.05, 0) is 39.4 Å². The van der Waals surface area contributed by atoms with Gasteiger partial charge in [-0.15, -0.1) is 0 Å². The van der Waals surface area contributed by atoms with Crippen LogP contribution in [0.25, 0.3) is 0 Å². The van der Waals surface area contributed by atoms with E-state index in [9.17, 15) is 4.79 Å². The molecule has 0 spiro atoms. The van der Waals surface area contributed by atoms with Gasteiger partial charge in [0, 0.05) is 19.8 Å². The predicted molar refractivity (Wildman–Crippen MR) is 89.5 cm³/mol. The van der Waals surface area contributed by atoms with Crippen LogP contribution in [0, 0.1) is 0 Å². The lowest BCUT2D eigenvalue weighted by molar-refractivity contribution is -0.380. The fourth-order valence-electron chi connectivity index (χ4n) is 2.28. The van der Waals surface area contributed by atoms with Crippen molar-refractivity contribution in [1.82, 2.24) is 10.4 Å². The van der Waals surface area contributed by atoms with Gasteiger partial charge in [-0.1, -0.05) is 13.3 Å². The molecule has 1 amide bonds. The fraction of sp³-hybridized carbons (Fsp3) is 0.867. The number of ether oxygens (including phenoxy) is 3. The van der Waals surface area contributed by atoms with Gasteiger partial charge in [0.1, 0.15) is 6.04 Å². The van der Waals surface area contributed by atoms with Crippen molar-refractivity contribution in [1.29, 1.82) is 0 Å². The maximum Gasteiger partial charge on any atom is 0.285 e. The van der Waals surface area contributed by atoms with Crippen LogP contribution in [0.1, 0.15) is 47.0 Å². The van der Waals surface area contributed by atoms with Gasteiger partial charge in [0.2, 0.25) is 5.11 Å². The van der Waals surface area contributed by atoms with Crippen molar-refractivity contribution in [3.63, 3.8) is 0 Å². The molecule has 0 radical (unpaired) electrons. The van der Waals surface area contributed by atoms with Gasteiger partial charge in [0.05, 0.1) is 13.0 Å². The Labute approximate surface area is 143 Å². The Kier molecular flexibility index (Phi) is 8.93. The minimum absolute atomic E-state index is 0.190. The van der Waals surface area contributed by atoms with Crippen LogP contribution in [-0.2, 0) is 23.8 Å². The summed E-state index contributed by atoms with van der Waals surface area (Å²) >= 11 is 5.17. The molecule has 8 heteroatoms. The lowest BCUT2D eigenvalue weighted by Gasteiger charge is -2.33. The van der Waals surface area contributed by atoms with Gasteiger partial charge in [0.25, 0.3) is 11.9 Å². The molecule has 23 heavy (non-hydrogen) atoms. The number of thiocarbonyl (C=S) groups is 1. The molecule has 1 N–H and O–H groups in total. The molecule has 7 nitrogen and oxygen atoms in total. The number of unbranched alkanes of at least 4 members (excludes halogenated alkanes) is 1. The van der Waals surface area contributed by atoms with Crippen LogP contribution >= 0.6 is 12.2 Å². The van der Waals surface area contributed by atoms with E-state index < -0.39 is 12.0 Å². The van der Waals surface area contributed by atoms with Gasteiger partial charge in [-0.3, -0.25) is 9.63 Å². The molecule has 134 valence electrons. The molecule has 1 unspecified atom stereocenters. The van der Waals surface area contributed by atoms with Crippen LogP contribution < -0.4 is 5.32 Å². The quantitative estimate of drug-likeness (QED) is 0.328. The van der Waals surface area contributed by atoms with Crippen molar-refractivity contribution in [2.45, 2.75) is 59.0 Å². The van der Waals surface area contributed by atoms with E-state index in [0.717, 1.165) is 17.9 Å². The summed E-state index contributed by atoms with van der Waals surface area (Å²) in [7, 11) is 0. The van der Waals surface area contributed by atoms with Gasteiger partial charge < -0.3 is 19.5 Å². The number of amides is 1. The number of hydrogen-bond donors (Lipinski definition) is 1. The zero-order chi connectivity index (χ0) is 17.3. The van der Waals surface area contributed by atoms with Gasteiger partial charge >= 0.3 is 0 Å². The summed E-state index contributed by atoms with van der Waals surface area (Å²) in [5, 5.41) is 4.36. The first-order valence-electron chi connectivity index (χ1n) is 8.22. The largest absolute Gasteiger partial charge is 0.348 e. The van der Waals surface area contributed by atoms with Gasteiger partial charge in [0.15, 0.2) is 0 Å². The molecule has 1 fully saturated rings. The van der Waals surface area contributed by atoms with E-state index in [0.29, 0.717) is 26.4 Å². The summed E-state index contributed by atoms with van der Waals surface area (Å²) in [6.45, 7) is 9.26. The second-order valence-electron chi connectivity index (χ2n) is 5.01. The Bertz CT molecular complexity index is 377. The highest BCUT2D eigenvalue weighted by molar-refractivity contribution is 7.80. The molecule has 1 saturated heterocycles. The third-order valence-electron chi connectivity index (χ3n) is 3.25. The number of nitrogens with one attached hydrogen (secondary N) is 1. The van der Waals surface area contributed by atoms with Crippen LogP contribution in [0.15, 0.2) is 0 Å². The molecule has 0 aromatic rings. The Morgan fingerprint density at radius 1 is 1.13 bits per heavy atom. The molecule has 0 bridgehead atoms. The fourth-order valence-corrected chi connectivity index (χ4v) is 2.57. The smallest absolute Gasteiger partial charge is 0.285 e. The number of carbonyl (C=O) groups excluding carboxylic acids is 1. The highest BCUT2D eigenvalue weighted by Gasteiger charge is 2.45. The standard InChI is InChI=1S/C15H28N2O5S/c1-5-9-10-22-17-13(18)12(16-14(17)23)11-15(19-6-2,20-7-3)21-8-4/h12H,5-11H2,1-4H3,(H,16,23). The second-order valence-corrected chi connectivity index (χ2v) is 5.39. The first-order valence-corrected chi connectivity index (χ1v) is 8.63. The number of carbonyl (C=O) groups is 1. The van der Waals surface area contributed by atoms with Crippen molar-refractivity contribution in [3.05, 3.63) is 0 Å².